The number of carbonyl (C=O) groups excluding carboxylic acids is 1. The van der Waals surface area contributed by atoms with Crippen molar-refractivity contribution < 1.29 is 4.79 Å². The van der Waals surface area contributed by atoms with Crippen LogP contribution in [0.1, 0.15) is 62.6 Å². The lowest BCUT2D eigenvalue weighted by Crippen LogP contribution is -2.53. The summed E-state index contributed by atoms with van der Waals surface area (Å²) in [6.07, 6.45) is 8.78. The molecule has 3 nitrogen and oxygen atoms in total. The van der Waals surface area contributed by atoms with E-state index in [0.29, 0.717) is 5.92 Å². The van der Waals surface area contributed by atoms with Crippen LogP contribution in [0.15, 0.2) is 18.3 Å². The molecule has 1 aromatic heterocycles. The molecule has 1 fully saturated rings. The van der Waals surface area contributed by atoms with E-state index in [-0.39, 0.29) is 11.7 Å². The lowest BCUT2D eigenvalue weighted by atomic mass is 9.69. The largest absolute Gasteiger partial charge is 0.319 e. The van der Waals surface area contributed by atoms with E-state index >= 15 is 0 Å². The highest BCUT2D eigenvalue weighted by atomic mass is 16.1. The summed E-state index contributed by atoms with van der Waals surface area (Å²) in [4.78, 5) is 17.5. The number of aryl methyl sites for hydroxylation is 1. The summed E-state index contributed by atoms with van der Waals surface area (Å²) < 4.78 is 0. The lowest BCUT2D eigenvalue weighted by Gasteiger charge is -2.38. The van der Waals surface area contributed by atoms with E-state index in [1.165, 1.54) is 12.0 Å². The Morgan fingerprint density at radius 1 is 1.40 bits per heavy atom. The third-order valence-corrected chi connectivity index (χ3v) is 5.03. The second-order valence-electron chi connectivity index (χ2n) is 6.71. The van der Waals surface area contributed by atoms with Gasteiger partial charge in [-0.2, -0.15) is 0 Å². The molecule has 0 spiro atoms. The van der Waals surface area contributed by atoms with E-state index in [1.807, 2.05) is 6.07 Å². The van der Waals surface area contributed by atoms with Crippen LogP contribution in [0.4, 0.5) is 0 Å². The van der Waals surface area contributed by atoms with E-state index in [9.17, 15) is 4.79 Å². The van der Waals surface area contributed by atoms with Crippen molar-refractivity contribution in [2.45, 2.75) is 63.3 Å². The van der Waals surface area contributed by atoms with Gasteiger partial charge in [0.2, 0.25) is 0 Å². The second kappa shape index (κ2) is 5.28. The SMILES string of the molecule is CC1CCCC(N)(C(=O)C2CCCc3cccnc32)C1. The Morgan fingerprint density at radius 3 is 3.05 bits per heavy atom. The molecule has 3 heteroatoms. The Labute approximate surface area is 121 Å². The van der Waals surface area contributed by atoms with Crippen LogP contribution in [0.5, 0.6) is 0 Å². The predicted molar refractivity (Wildman–Crippen MR) is 79.5 cm³/mol. The molecule has 1 aromatic rings. The van der Waals surface area contributed by atoms with E-state index in [2.05, 4.69) is 18.0 Å². The average Bonchev–Trinajstić information content (AvgIpc) is 2.45. The molecule has 20 heavy (non-hydrogen) atoms. The van der Waals surface area contributed by atoms with Gasteiger partial charge in [-0.1, -0.05) is 25.8 Å². The number of carbonyl (C=O) groups is 1. The highest BCUT2D eigenvalue weighted by molar-refractivity contribution is 5.94. The van der Waals surface area contributed by atoms with Crippen molar-refractivity contribution in [2.24, 2.45) is 11.7 Å². The van der Waals surface area contributed by atoms with Crippen LogP contribution in [0.3, 0.4) is 0 Å². The van der Waals surface area contributed by atoms with E-state index in [0.717, 1.165) is 44.2 Å². The van der Waals surface area contributed by atoms with Crippen LogP contribution in [0.2, 0.25) is 0 Å². The molecule has 2 aliphatic carbocycles. The predicted octanol–water partition coefficient (Wildman–Crippen LogP) is 2.98. The van der Waals surface area contributed by atoms with Gasteiger partial charge in [-0.25, -0.2) is 0 Å². The molecule has 3 atom stereocenters. The maximum atomic E-state index is 13.0. The molecule has 0 amide bonds. The number of nitrogens with two attached hydrogens (primary N) is 1. The van der Waals surface area contributed by atoms with Crippen molar-refractivity contribution in [3.8, 4) is 0 Å². The summed E-state index contributed by atoms with van der Waals surface area (Å²) in [6.45, 7) is 2.21. The van der Waals surface area contributed by atoms with Gasteiger partial charge in [-0.15, -0.1) is 0 Å². The van der Waals surface area contributed by atoms with Crippen LogP contribution in [-0.4, -0.2) is 16.3 Å². The summed E-state index contributed by atoms with van der Waals surface area (Å²) in [5.41, 5.74) is 8.12. The fraction of sp³-hybridized carbons (Fsp3) is 0.647. The molecule has 2 N–H and O–H groups in total. The summed E-state index contributed by atoms with van der Waals surface area (Å²) in [5, 5.41) is 0. The van der Waals surface area contributed by atoms with Crippen LogP contribution in [0, 0.1) is 5.92 Å². The summed E-state index contributed by atoms with van der Waals surface area (Å²) in [6, 6.07) is 4.07. The van der Waals surface area contributed by atoms with Gasteiger partial charge < -0.3 is 5.73 Å². The maximum absolute atomic E-state index is 13.0. The zero-order chi connectivity index (χ0) is 14.2. The molecule has 1 saturated carbocycles. The molecule has 0 aromatic carbocycles. The molecule has 0 saturated heterocycles. The Bertz CT molecular complexity index is 513. The summed E-state index contributed by atoms with van der Waals surface area (Å²) >= 11 is 0. The molecule has 0 bridgehead atoms. The van der Waals surface area contributed by atoms with Gasteiger partial charge in [-0.3, -0.25) is 9.78 Å². The topological polar surface area (TPSA) is 56.0 Å². The zero-order valence-electron chi connectivity index (χ0n) is 12.3. The van der Waals surface area contributed by atoms with Crippen LogP contribution in [-0.2, 0) is 11.2 Å². The standard InChI is InChI=1S/C17H24N2O/c1-12-5-3-9-17(18,11-12)16(20)14-8-2-6-13-7-4-10-19-15(13)14/h4,7,10,12,14H,2-3,5-6,8-9,11,18H2,1H3. The van der Waals surface area contributed by atoms with Crippen molar-refractivity contribution >= 4 is 5.78 Å². The van der Waals surface area contributed by atoms with Crippen LogP contribution < -0.4 is 5.73 Å². The maximum Gasteiger partial charge on any atom is 0.161 e. The average molecular weight is 272 g/mol. The number of rotatable bonds is 2. The fourth-order valence-electron chi connectivity index (χ4n) is 4.03. The first-order chi connectivity index (χ1) is 9.60. The Hall–Kier alpha value is -1.22. The van der Waals surface area contributed by atoms with Gasteiger partial charge in [0.15, 0.2) is 5.78 Å². The fourth-order valence-corrected chi connectivity index (χ4v) is 4.03. The van der Waals surface area contributed by atoms with Crippen molar-refractivity contribution in [1.29, 1.82) is 0 Å². The molecular weight excluding hydrogens is 248 g/mol. The number of pyridine rings is 1. The van der Waals surface area contributed by atoms with Gasteiger partial charge >= 0.3 is 0 Å². The molecular formula is C17H24N2O. The highest BCUT2D eigenvalue weighted by Gasteiger charge is 2.43. The van der Waals surface area contributed by atoms with Crippen LogP contribution in [0.25, 0.3) is 0 Å². The highest BCUT2D eigenvalue weighted by Crippen LogP contribution is 2.38. The zero-order valence-corrected chi connectivity index (χ0v) is 12.3. The summed E-state index contributed by atoms with van der Waals surface area (Å²) in [7, 11) is 0. The molecule has 3 unspecified atom stereocenters. The number of hydrogen-bond acceptors (Lipinski definition) is 3. The van der Waals surface area contributed by atoms with Gasteiger partial charge in [-0.05, 0) is 49.7 Å². The number of fused-ring (bicyclic) bond motifs is 1. The molecule has 1 heterocycles. The Balaban J connectivity index is 1.88. The second-order valence-corrected chi connectivity index (χ2v) is 6.71. The first-order valence-electron chi connectivity index (χ1n) is 7.87. The first kappa shape index (κ1) is 13.7. The van der Waals surface area contributed by atoms with Gasteiger partial charge in [0.05, 0.1) is 17.2 Å². The molecule has 2 aliphatic rings. The molecule has 0 aliphatic heterocycles. The van der Waals surface area contributed by atoms with Crippen molar-refractivity contribution in [1.82, 2.24) is 4.98 Å². The van der Waals surface area contributed by atoms with Gasteiger partial charge in [0, 0.05) is 6.20 Å². The van der Waals surface area contributed by atoms with E-state index in [4.69, 9.17) is 5.73 Å². The van der Waals surface area contributed by atoms with Gasteiger partial charge in [0.25, 0.3) is 0 Å². The van der Waals surface area contributed by atoms with Gasteiger partial charge in [0.1, 0.15) is 0 Å². The number of hydrogen-bond donors (Lipinski definition) is 1. The number of nitrogens with zero attached hydrogens (tertiary/aromatic N) is 1. The number of aromatic nitrogens is 1. The molecule has 0 radical (unpaired) electrons. The normalized spacial score (nSPS) is 33.5. The Kier molecular flexibility index (Phi) is 3.63. The van der Waals surface area contributed by atoms with Crippen molar-refractivity contribution in [2.75, 3.05) is 0 Å². The molecule has 3 rings (SSSR count). The van der Waals surface area contributed by atoms with Crippen molar-refractivity contribution in [3.05, 3.63) is 29.6 Å². The third-order valence-electron chi connectivity index (χ3n) is 5.03. The Morgan fingerprint density at radius 2 is 2.25 bits per heavy atom. The minimum Gasteiger partial charge on any atom is -0.319 e. The minimum atomic E-state index is -0.617. The quantitative estimate of drug-likeness (QED) is 0.900. The van der Waals surface area contributed by atoms with E-state index < -0.39 is 5.54 Å². The smallest absolute Gasteiger partial charge is 0.161 e. The minimum absolute atomic E-state index is 0.0738. The first-order valence-corrected chi connectivity index (χ1v) is 7.87. The number of Topliss-reactive ketones (excluding diaryl/α,β-unsaturated/α-hetero) is 1. The number of ketones is 1. The van der Waals surface area contributed by atoms with E-state index in [1.54, 1.807) is 6.20 Å². The monoisotopic (exact) mass is 272 g/mol. The lowest BCUT2D eigenvalue weighted by molar-refractivity contribution is -0.127. The van der Waals surface area contributed by atoms with Crippen LogP contribution >= 0.6 is 0 Å². The summed E-state index contributed by atoms with van der Waals surface area (Å²) in [5.74, 6) is 0.725. The van der Waals surface area contributed by atoms with Crippen molar-refractivity contribution in [3.63, 3.8) is 0 Å². The third kappa shape index (κ3) is 2.39. The molecule has 108 valence electrons.